The molecule has 0 saturated heterocycles. The minimum Gasteiger partial charge on any atom is -0.331 e. The third kappa shape index (κ3) is 1.93. The second-order valence-corrected chi connectivity index (χ2v) is 4.90. The van der Waals surface area contributed by atoms with E-state index < -0.39 is 0 Å². The Bertz CT molecular complexity index is 318. The van der Waals surface area contributed by atoms with Gasteiger partial charge in [0.05, 0.1) is 5.69 Å². The molecule has 2 fully saturated rings. The Labute approximate surface area is 90.7 Å². The van der Waals surface area contributed by atoms with Gasteiger partial charge < -0.3 is 10.3 Å². The topological polar surface area (TPSA) is 43.8 Å². The number of nitrogens with zero attached hydrogens (tertiary/aromatic N) is 2. The number of hydrogen-bond acceptors (Lipinski definition) is 2. The summed E-state index contributed by atoms with van der Waals surface area (Å²) in [7, 11) is 0. The van der Waals surface area contributed by atoms with E-state index in [0.717, 1.165) is 31.3 Å². The van der Waals surface area contributed by atoms with Gasteiger partial charge in [0.1, 0.15) is 5.82 Å². The first-order valence-corrected chi connectivity index (χ1v) is 6.16. The van der Waals surface area contributed by atoms with E-state index in [-0.39, 0.29) is 0 Å². The van der Waals surface area contributed by atoms with Crippen molar-refractivity contribution in [2.75, 3.05) is 6.54 Å². The first-order valence-electron chi connectivity index (χ1n) is 6.16. The first-order chi connectivity index (χ1) is 7.38. The van der Waals surface area contributed by atoms with Crippen molar-refractivity contribution in [1.29, 1.82) is 0 Å². The normalized spacial score (nSPS) is 20.9. The molecular formula is C12H19N3. The fourth-order valence-electron chi connectivity index (χ4n) is 2.15. The molecule has 2 N–H and O–H groups in total. The van der Waals surface area contributed by atoms with E-state index in [1.165, 1.54) is 37.2 Å². The van der Waals surface area contributed by atoms with Crippen LogP contribution in [0.2, 0.25) is 0 Å². The van der Waals surface area contributed by atoms with Gasteiger partial charge in [-0.15, -0.1) is 0 Å². The second kappa shape index (κ2) is 3.63. The van der Waals surface area contributed by atoms with Crippen LogP contribution in [-0.2, 0) is 6.42 Å². The zero-order valence-electron chi connectivity index (χ0n) is 9.15. The molecule has 3 nitrogen and oxygen atoms in total. The lowest BCUT2D eigenvalue weighted by atomic mass is 10.2. The van der Waals surface area contributed by atoms with Crippen molar-refractivity contribution in [2.24, 2.45) is 5.73 Å². The molecule has 0 aliphatic heterocycles. The highest BCUT2D eigenvalue weighted by Gasteiger charge is 2.34. The van der Waals surface area contributed by atoms with Crippen LogP contribution in [0.1, 0.15) is 55.6 Å². The molecule has 1 heterocycles. The van der Waals surface area contributed by atoms with Gasteiger partial charge in [-0.05, 0) is 45.1 Å². The minimum absolute atomic E-state index is 0.773. The van der Waals surface area contributed by atoms with E-state index in [9.17, 15) is 0 Å². The van der Waals surface area contributed by atoms with Crippen LogP contribution in [-0.4, -0.2) is 16.1 Å². The van der Waals surface area contributed by atoms with Crippen molar-refractivity contribution < 1.29 is 0 Å². The predicted octanol–water partition coefficient (Wildman–Crippen LogP) is 1.99. The van der Waals surface area contributed by atoms with E-state index in [1.807, 2.05) is 0 Å². The van der Waals surface area contributed by atoms with Gasteiger partial charge in [0.15, 0.2) is 0 Å². The lowest BCUT2D eigenvalue weighted by molar-refractivity contribution is 0.683. The SMILES string of the molecule is NCCCc1cn(C2CC2)c(C2CC2)n1. The van der Waals surface area contributed by atoms with Gasteiger partial charge in [0.2, 0.25) is 0 Å². The van der Waals surface area contributed by atoms with Gasteiger partial charge in [-0.3, -0.25) is 0 Å². The summed E-state index contributed by atoms with van der Waals surface area (Å²) in [5.74, 6) is 2.14. The smallest absolute Gasteiger partial charge is 0.112 e. The quantitative estimate of drug-likeness (QED) is 0.799. The van der Waals surface area contributed by atoms with Crippen LogP contribution < -0.4 is 5.73 Å². The van der Waals surface area contributed by atoms with Crippen molar-refractivity contribution in [3.63, 3.8) is 0 Å². The molecule has 1 aromatic rings. The van der Waals surface area contributed by atoms with Gasteiger partial charge in [-0.25, -0.2) is 4.98 Å². The lowest BCUT2D eigenvalue weighted by Crippen LogP contribution is -2.00. The Morgan fingerprint density at radius 2 is 2.13 bits per heavy atom. The fraction of sp³-hybridized carbons (Fsp3) is 0.750. The molecule has 2 saturated carbocycles. The number of hydrogen-bond donors (Lipinski definition) is 1. The molecule has 0 bridgehead atoms. The van der Waals surface area contributed by atoms with Gasteiger partial charge in [-0.2, -0.15) is 0 Å². The molecule has 0 unspecified atom stereocenters. The molecule has 3 heteroatoms. The molecule has 2 aliphatic rings. The van der Waals surface area contributed by atoms with E-state index in [0.29, 0.717) is 0 Å². The van der Waals surface area contributed by atoms with E-state index >= 15 is 0 Å². The van der Waals surface area contributed by atoms with Gasteiger partial charge in [-0.1, -0.05) is 0 Å². The van der Waals surface area contributed by atoms with Crippen molar-refractivity contribution in [3.05, 3.63) is 17.7 Å². The maximum absolute atomic E-state index is 5.53. The van der Waals surface area contributed by atoms with Crippen LogP contribution in [0.25, 0.3) is 0 Å². The molecule has 1 aromatic heterocycles. The molecule has 0 radical (unpaired) electrons. The summed E-state index contributed by atoms with van der Waals surface area (Å²) >= 11 is 0. The Morgan fingerprint density at radius 3 is 2.73 bits per heavy atom. The summed E-state index contributed by atoms with van der Waals surface area (Å²) in [6.45, 7) is 0.773. The van der Waals surface area contributed by atoms with E-state index in [2.05, 4.69) is 10.8 Å². The van der Waals surface area contributed by atoms with Crippen molar-refractivity contribution in [2.45, 2.75) is 50.5 Å². The van der Waals surface area contributed by atoms with Crippen LogP contribution >= 0.6 is 0 Å². The summed E-state index contributed by atoms with van der Waals surface area (Å²) < 4.78 is 2.45. The molecule has 0 amide bonds. The zero-order valence-corrected chi connectivity index (χ0v) is 9.15. The molecule has 15 heavy (non-hydrogen) atoms. The van der Waals surface area contributed by atoms with Crippen molar-refractivity contribution in [3.8, 4) is 0 Å². The van der Waals surface area contributed by atoms with Crippen LogP contribution in [0.4, 0.5) is 0 Å². The number of aryl methyl sites for hydroxylation is 1. The average molecular weight is 205 g/mol. The fourth-order valence-corrected chi connectivity index (χ4v) is 2.15. The Balaban J connectivity index is 1.80. The molecule has 0 aromatic carbocycles. The molecule has 82 valence electrons. The molecule has 3 rings (SSSR count). The first kappa shape index (κ1) is 9.40. The van der Waals surface area contributed by atoms with Gasteiger partial charge >= 0.3 is 0 Å². The summed E-state index contributed by atoms with van der Waals surface area (Å²) in [4.78, 5) is 4.78. The van der Waals surface area contributed by atoms with Gasteiger partial charge in [0, 0.05) is 18.2 Å². The van der Waals surface area contributed by atoms with Crippen LogP contribution in [0, 0.1) is 0 Å². The maximum Gasteiger partial charge on any atom is 0.112 e. The Hall–Kier alpha value is -0.830. The van der Waals surface area contributed by atoms with Crippen molar-refractivity contribution in [1.82, 2.24) is 9.55 Å². The minimum atomic E-state index is 0.773. The average Bonchev–Trinajstić information content (AvgIpc) is 3.12. The maximum atomic E-state index is 5.53. The molecule has 2 aliphatic carbocycles. The standard InChI is InChI=1S/C12H19N3/c13-7-1-2-10-8-15(11-5-6-11)12(14-10)9-3-4-9/h8-9,11H,1-7,13H2. The predicted molar refractivity (Wildman–Crippen MR) is 59.8 cm³/mol. The van der Waals surface area contributed by atoms with E-state index in [1.54, 1.807) is 0 Å². The third-order valence-electron chi connectivity index (χ3n) is 3.33. The highest BCUT2D eigenvalue weighted by molar-refractivity contribution is 5.15. The number of aromatic nitrogens is 2. The third-order valence-corrected chi connectivity index (χ3v) is 3.33. The number of imidazole rings is 1. The second-order valence-electron chi connectivity index (χ2n) is 4.90. The Morgan fingerprint density at radius 1 is 1.33 bits per heavy atom. The van der Waals surface area contributed by atoms with Crippen LogP contribution in [0.3, 0.4) is 0 Å². The summed E-state index contributed by atoms with van der Waals surface area (Å²) in [5, 5.41) is 0. The molecular weight excluding hydrogens is 186 g/mol. The highest BCUT2D eigenvalue weighted by atomic mass is 15.1. The van der Waals surface area contributed by atoms with E-state index in [4.69, 9.17) is 10.7 Å². The molecule has 0 atom stereocenters. The number of rotatable bonds is 5. The Kier molecular flexibility index (Phi) is 2.28. The van der Waals surface area contributed by atoms with Crippen LogP contribution in [0.15, 0.2) is 6.20 Å². The summed E-state index contributed by atoms with van der Waals surface area (Å²) in [5.41, 5.74) is 6.79. The zero-order chi connectivity index (χ0) is 10.3. The van der Waals surface area contributed by atoms with Crippen molar-refractivity contribution >= 4 is 0 Å². The summed E-state index contributed by atoms with van der Waals surface area (Å²) in [6, 6.07) is 0.778. The highest BCUT2D eigenvalue weighted by Crippen LogP contribution is 2.44. The van der Waals surface area contributed by atoms with Crippen LogP contribution in [0.5, 0.6) is 0 Å². The monoisotopic (exact) mass is 205 g/mol. The lowest BCUT2D eigenvalue weighted by Gasteiger charge is -2.02. The number of nitrogens with two attached hydrogens (primary N) is 1. The molecule has 0 spiro atoms. The van der Waals surface area contributed by atoms with Gasteiger partial charge in [0.25, 0.3) is 0 Å². The largest absolute Gasteiger partial charge is 0.331 e. The summed E-state index contributed by atoms with van der Waals surface area (Å²) in [6.07, 6.45) is 9.79.